The Morgan fingerprint density at radius 2 is 1.95 bits per heavy atom. The highest BCUT2D eigenvalue weighted by Crippen LogP contribution is 2.38. The molecule has 0 unspecified atom stereocenters. The van der Waals surface area contributed by atoms with Gasteiger partial charge in [0.2, 0.25) is 0 Å². The highest BCUT2D eigenvalue weighted by atomic mass is 35.5. The van der Waals surface area contributed by atoms with Crippen LogP contribution in [0.25, 0.3) is 0 Å². The number of anilines is 1. The number of halogens is 1. The second-order valence-electron chi connectivity index (χ2n) is 4.79. The minimum absolute atomic E-state index is 0.345. The average Bonchev–Trinajstić information content (AvgIpc) is 2.54. The summed E-state index contributed by atoms with van der Waals surface area (Å²) in [6.45, 7) is 1.44. The summed E-state index contributed by atoms with van der Waals surface area (Å²) in [5, 5.41) is 3.55. The van der Waals surface area contributed by atoms with Crippen LogP contribution in [0.1, 0.15) is 5.56 Å². The molecule has 2 aromatic rings. The number of benzene rings is 2. The molecule has 0 saturated heterocycles. The fourth-order valence-corrected chi connectivity index (χ4v) is 2.43. The lowest BCUT2D eigenvalue weighted by molar-refractivity contribution is 0.171. The van der Waals surface area contributed by atoms with Crippen LogP contribution < -0.4 is 20.5 Å². The van der Waals surface area contributed by atoms with Crippen molar-refractivity contribution < 1.29 is 9.47 Å². The molecule has 1 heterocycles. The third-order valence-corrected chi connectivity index (χ3v) is 3.42. The molecule has 2 aromatic carbocycles. The fourth-order valence-electron chi connectivity index (χ4n) is 2.14. The number of hydrogen-bond acceptors (Lipinski definition) is 3. The van der Waals surface area contributed by atoms with E-state index in [4.69, 9.17) is 26.8 Å². The first-order valence-electron chi connectivity index (χ1n) is 6.92. The molecule has 0 spiro atoms. The molecule has 114 valence electrons. The molecule has 0 atom stereocenters. The van der Waals surface area contributed by atoms with E-state index in [1.54, 1.807) is 0 Å². The first-order chi connectivity index (χ1) is 10.7. The average molecular weight is 318 g/mol. The van der Waals surface area contributed by atoms with Gasteiger partial charge >= 0.3 is 0 Å². The van der Waals surface area contributed by atoms with Crippen LogP contribution in [0.5, 0.6) is 11.5 Å². The van der Waals surface area contributed by atoms with E-state index in [2.05, 4.69) is 10.3 Å². The topological polar surface area (TPSA) is 68.9 Å². The number of aliphatic imine (C=N–C) groups is 1. The molecule has 3 N–H and O–H groups in total. The van der Waals surface area contributed by atoms with Crippen LogP contribution in [0.2, 0.25) is 5.02 Å². The van der Waals surface area contributed by atoms with Crippen molar-refractivity contribution in [2.45, 2.75) is 6.54 Å². The fraction of sp³-hybridized carbons (Fsp3) is 0.188. The standard InChI is InChI=1S/C16H16ClN3O2/c17-13-8-11(9-14-15(13)22-7-6-21-14)10-19-16(18)20-12-4-2-1-3-5-12/h1-5,8-9H,6-7,10H2,(H3,18,19,20). The minimum atomic E-state index is 0.345. The van der Waals surface area contributed by atoms with Gasteiger partial charge in [-0.3, -0.25) is 0 Å². The molecule has 1 aliphatic heterocycles. The third-order valence-electron chi connectivity index (χ3n) is 3.13. The normalized spacial score (nSPS) is 13.8. The summed E-state index contributed by atoms with van der Waals surface area (Å²) in [5.74, 6) is 1.59. The number of nitrogens with one attached hydrogen (secondary N) is 1. The van der Waals surface area contributed by atoms with Crippen LogP contribution >= 0.6 is 11.6 Å². The monoisotopic (exact) mass is 317 g/mol. The molecule has 0 bridgehead atoms. The van der Waals surface area contributed by atoms with E-state index in [1.165, 1.54) is 0 Å². The zero-order valence-corrected chi connectivity index (χ0v) is 12.6. The predicted molar refractivity (Wildman–Crippen MR) is 87.8 cm³/mol. The molecule has 1 aliphatic rings. The Hall–Kier alpha value is -2.40. The van der Waals surface area contributed by atoms with Gasteiger partial charge < -0.3 is 20.5 Å². The Bertz CT molecular complexity index is 689. The molecule has 3 rings (SSSR count). The van der Waals surface area contributed by atoms with Crippen LogP contribution in [0, 0.1) is 0 Å². The highest BCUT2D eigenvalue weighted by molar-refractivity contribution is 6.32. The number of para-hydroxylation sites is 1. The summed E-state index contributed by atoms with van der Waals surface area (Å²) in [5.41, 5.74) is 7.68. The third kappa shape index (κ3) is 3.43. The summed E-state index contributed by atoms with van der Waals surface area (Å²) in [4.78, 5) is 4.31. The number of guanidine groups is 1. The maximum atomic E-state index is 6.19. The summed E-state index contributed by atoms with van der Waals surface area (Å²) in [6, 6.07) is 13.3. The van der Waals surface area contributed by atoms with Gasteiger partial charge in [0.25, 0.3) is 0 Å². The van der Waals surface area contributed by atoms with Crippen LogP contribution in [0.15, 0.2) is 47.5 Å². The molecular weight excluding hydrogens is 302 g/mol. The lowest BCUT2D eigenvalue weighted by Crippen LogP contribution is -2.22. The molecular formula is C16H16ClN3O2. The Morgan fingerprint density at radius 1 is 1.18 bits per heavy atom. The van der Waals surface area contributed by atoms with E-state index in [0.717, 1.165) is 11.3 Å². The maximum Gasteiger partial charge on any atom is 0.193 e. The second-order valence-corrected chi connectivity index (χ2v) is 5.20. The molecule has 6 heteroatoms. The first kappa shape index (κ1) is 14.5. The van der Waals surface area contributed by atoms with Gasteiger partial charge in [0.15, 0.2) is 17.5 Å². The van der Waals surface area contributed by atoms with Crippen molar-refractivity contribution in [1.82, 2.24) is 0 Å². The Balaban J connectivity index is 1.70. The Morgan fingerprint density at radius 3 is 2.77 bits per heavy atom. The minimum Gasteiger partial charge on any atom is -0.486 e. The van der Waals surface area contributed by atoms with Gasteiger partial charge in [0.05, 0.1) is 11.6 Å². The number of fused-ring (bicyclic) bond motifs is 1. The Labute approximate surface area is 133 Å². The molecule has 0 amide bonds. The van der Waals surface area contributed by atoms with Gasteiger partial charge in [0.1, 0.15) is 13.2 Å². The Kier molecular flexibility index (Phi) is 4.34. The molecule has 5 nitrogen and oxygen atoms in total. The highest BCUT2D eigenvalue weighted by Gasteiger charge is 2.16. The molecule has 0 radical (unpaired) electrons. The van der Waals surface area contributed by atoms with Crippen LogP contribution in [0.3, 0.4) is 0 Å². The SMILES string of the molecule is NC(=NCc1cc(Cl)c2c(c1)OCCO2)Nc1ccccc1. The summed E-state index contributed by atoms with van der Waals surface area (Å²) < 4.78 is 11.0. The van der Waals surface area contributed by atoms with Gasteiger partial charge in [-0.15, -0.1) is 0 Å². The largest absolute Gasteiger partial charge is 0.486 e. The molecule has 22 heavy (non-hydrogen) atoms. The van der Waals surface area contributed by atoms with Crippen LogP contribution in [0.4, 0.5) is 5.69 Å². The molecule has 0 saturated carbocycles. The number of rotatable bonds is 3. The summed E-state index contributed by atoms with van der Waals surface area (Å²) >= 11 is 6.19. The number of nitrogens with zero attached hydrogens (tertiary/aromatic N) is 1. The quantitative estimate of drug-likeness (QED) is 0.674. The van der Waals surface area contributed by atoms with Gasteiger partial charge in [-0.25, -0.2) is 4.99 Å². The molecule has 0 fully saturated rings. The van der Waals surface area contributed by atoms with E-state index in [0.29, 0.717) is 42.2 Å². The van der Waals surface area contributed by atoms with Crippen molar-refractivity contribution in [2.75, 3.05) is 18.5 Å². The zero-order valence-electron chi connectivity index (χ0n) is 11.9. The van der Waals surface area contributed by atoms with Gasteiger partial charge in [-0.2, -0.15) is 0 Å². The van der Waals surface area contributed by atoms with E-state index in [-0.39, 0.29) is 0 Å². The predicted octanol–water partition coefficient (Wildman–Crippen LogP) is 3.04. The van der Waals surface area contributed by atoms with Crippen LogP contribution in [-0.2, 0) is 6.54 Å². The van der Waals surface area contributed by atoms with E-state index >= 15 is 0 Å². The lowest BCUT2D eigenvalue weighted by Gasteiger charge is -2.20. The summed E-state index contributed by atoms with van der Waals surface area (Å²) in [6.07, 6.45) is 0. The van der Waals surface area contributed by atoms with Crippen molar-refractivity contribution in [3.8, 4) is 11.5 Å². The van der Waals surface area contributed by atoms with E-state index in [1.807, 2.05) is 42.5 Å². The van der Waals surface area contributed by atoms with Crippen LogP contribution in [-0.4, -0.2) is 19.2 Å². The molecule has 0 aliphatic carbocycles. The van der Waals surface area contributed by atoms with Gasteiger partial charge in [-0.1, -0.05) is 29.8 Å². The molecule has 0 aromatic heterocycles. The number of ether oxygens (including phenoxy) is 2. The van der Waals surface area contributed by atoms with E-state index in [9.17, 15) is 0 Å². The lowest BCUT2D eigenvalue weighted by atomic mass is 10.2. The number of nitrogens with two attached hydrogens (primary N) is 1. The summed E-state index contributed by atoms with van der Waals surface area (Å²) in [7, 11) is 0. The van der Waals surface area contributed by atoms with Crippen molar-refractivity contribution in [2.24, 2.45) is 10.7 Å². The van der Waals surface area contributed by atoms with Crippen molar-refractivity contribution in [3.63, 3.8) is 0 Å². The van der Waals surface area contributed by atoms with Gasteiger partial charge in [-0.05, 0) is 29.8 Å². The number of hydrogen-bond donors (Lipinski definition) is 2. The second kappa shape index (κ2) is 6.58. The maximum absolute atomic E-state index is 6.19. The van der Waals surface area contributed by atoms with Crippen molar-refractivity contribution in [1.29, 1.82) is 0 Å². The smallest absolute Gasteiger partial charge is 0.193 e. The van der Waals surface area contributed by atoms with Crippen molar-refractivity contribution in [3.05, 3.63) is 53.1 Å². The zero-order chi connectivity index (χ0) is 15.4. The first-order valence-corrected chi connectivity index (χ1v) is 7.30. The van der Waals surface area contributed by atoms with E-state index < -0.39 is 0 Å². The van der Waals surface area contributed by atoms with Gasteiger partial charge in [0, 0.05) is 5.69 Å². The van der Waals surface area contributed by atoms with Crippen molar-refractivity contribution >= 4 is 23.2 Å².